The Morgan fingerprint density at radius 1 is 1.38 bits per heavy atom. The maximum atomic E-state index is 12.0. The molecule has 0 radical (unpaired) electrons. The van der Waals surface area contributed by atoms with Gasteiger partial charge in [-0.05, 0) is 24.6 Å². The predicted molar refractivity (Wildman–Crippen MR) is 81.8 cm³/mol. The maximum absolute atomic E-state index is 12.0. The van der Waals surface area contributed by atoms with E-state index in [2.05, 4.69) is 34.8 Å². The highest BCUT2D eigenvalue weighted by Crippen LogP contribution is 2.09. The van der Waals surface area contributed by atoms with E-state index in [9.17, 15) is 4.79 Å². The Hall–Kier alpha value is -2.21. The molecule has 2 N–H and O–H groups in total. The fourth-order valence-electron chi connectivity index (χ4n) is 1.88. The Labute approximate surface area is 124 Å². The lowest BCUT2D eigenvalue weighted by Gasteiger charge is -2.06. The molecule has 0 fully saturated rings. The van der Waals surface area contributed by atoms with Gasteiger partial charge in [0, 0.05) is 18.3 Å². The first-order valence-corrected chi connectivity index (χ1v) is 7.02. The molecule has 0 spiro atoms. The van der Waals surface area contributed by atoms with E-state index < -0.39 is 0 Å². The lowest BCUT2D eigenvalue weighted by molar-refractivity contribution is -0.116. The van der Waals surface area contributed by atoms with E-state index in [0.717, 1.165) is 16.9 Å². The number of rotatable bonds is 6. The van der Waals surface area contributed by atoms with Gasteiger partial charge in [0.1, 0.15) is 6.54 Å². The molecule has 21 heavy (non-hydrogen) atoms. The molecule has 0 aliphatic carbocycles. The van der Waals surface area contributed by atoms with E-state index in [1.165, 1.54) is 0 Å². The lowest BCUT2D eigenvalue weighted by Crippen LogP contribution is -2.22. The number of nitrogens with one attached hydrogen (secondary N) is 2. The van der Waals surface area contributed by atoms with Crippen LogP contribution in [0.1, 0.15) is 25.1 Å². The molecule has 0 atom stereocenters. The van der Waals surface area contributed by atoms with Crippen molar-refractivity contribution in [3.63, 3.8) is 0 Å². The number of benzene rings is 1. The minimum absolute atomic E-state index is 0.117. The number of hydrogen-bond acceptors (Lipinski definition) is 4. The summed E-state index contributed by atoms with van der Waals surface area (Å²) < 4.78 is 1.54. The number of anilines is 1. The molecule has 6 heteroatoms. The number of carbonyl (C=O) groups is 1. The Morgan fingerprint density at radius 2 is 2.19 bits per heavy atom. The van der Waals surface area contributed by atoms with Crippen LogP contribution in [0.5, 0.6) is 0 Å². The molecule has 0 saturated carbocycles. The summed E-state index contributed by atoms with van der Waals surface area (Å²) in [5.74, 6) is -0.117. The van der Waals surface area contributed by atoms with Gasteiger partial charge in [-0.25, -0.2) is 4.68 Å². The summed E-state index contributed by atoms with van der Waals surface area (Å²) >= 11 is 0. The van der Waals surface area contributed by atoms with Gasteiger partial charge in [-0.1, -0.05) is 31.2 Å². The smallest absolute Gasteiger partial charge is 0.246 e. The van der Waals surface area contributed by atoms with Gasteiger partial charge in [0.15, 0.2) is 0 Å². The molecule has 2 aromatic rings. The molecule has 6 nitrogen and oxygen atoms in total. The summed E-state index contributed by atoms with van der Waals surface area (Å²) in [6.07, 6.45) is 1.78. The quantitative estimate of drug-likeness (QED) is 0.848. The van der Waals surface area contributed by atoms with Crippen LogP contribution in [-0.4, -0.2) is 26.9 Å². The van der Waals surface area contributed by atoms with Crippen molar-refractivity contribution in [2.24, 2.45) is 0 Å². The molecule has 0 bridgehead atoms. The third-order valence-electron chi connectivity index (χ3n) is 2.88. The Morgan fingerprint density at radius 3 is 2.90 bits per heavy atom. The minimum Gasteiger partial charge on any atom is -0.324 e. The van der Waals surface area contributed by atoms with Crippen LogP contribution in [0.15, 0.2) is 30.5 Å². The standard InChI is InChI=1S/C15H21N5O/c1-11(2)16-8-14-9-20(19-18-14)10-15(21)17-13-6-4-5-12(3)7-13/h4-7,9,11,16H,8,10H2,1-3H3,(H,17,21). The monoisotopic (exact) mass is 287 g/mol. The molecule has 1 heterocycles. The number of nitrogens with zero attached hydrogens (tertiary/aromatic N) is 3. The van der Waals surface area contributed by atoms with Gasteiger partial charge >= 0.3 is 0 Å². The molecule has 1 aromatic carbocycles. The second-order valence-corrected chi connectivity index (χ2v) is 5.36. The average Bonchev–Trinajstić information content (AvgIpc) is 2.83. The zero-order valence-corrected chi connectivity index (χ0v) is 12.6. The van der Waals surface area contributed by atoms with Crippen molar-refractivity contribution in [1.29, 1.82) is 0 Å². The lowest BCUT2D eigenvalue weighted by atomic mass is 10.2. The molecular formula is C15H21N5O. The third-order valence-corrected chi connectivity index (χ3v) is 2.88. The van der Waals surface area contributed by atoms with Crippen LogP contribution in [0, 0.1) is 6.92 Å². The zero-order valence-electron chi connectivity index (χ0n) is 12.6. The zero-order chi connectivity index (χ0) is 15.2. The number of hydrogen-bond donors (Lipinski definition) is 2. The van der Waals surface area contributed by atoms with E-state index in [1.807, 2.05) is 31.2 Å². The summed E-state index contributed by atoms with van der Waals surface area (Å²) in [7, 11) is 0. The first kappa shape index (κ1) is 15.2. The van der Waals surface area contributed by atoms with Crippen LogP contribution in [0.25, 0.3) is 0 Å². The molecule has 0 saturated heterocycles. The molecule has 1 amide bonds. The van der Waals surface area contributed by atoms with Crippen LogP contribution in [0.2, 0.25) is 0 Å². The molecule has 2 rings (SSSR count). The highest BCUT2D eigenvalue weighted by atomic mass is 16.2. The fraction of sp³-hybridized carbons (Fsp3) is 0.400. The summed E-state index contributed by atoms with van der Waals surface area (Å²) in [5.41, 5.74) is 2.73. The Bertz CT molecular complexity index is 606. The van der Waals surface area contributed by atoms with Crippen molar-refractivity contribution >= 4 is 11.6 Å². The van der Waals surface area contributed by atoms with E-state index in [-0.39, 0.29) is 12.5 Å². The van der Waals surface area contributed by atoms with Gasteiger partial charge < -0.3 is 10.6 Å². The van der Waals surface area contributed by atoms with E-state index in [4.69, 9.17) is 0 Å². The van der Waals surface area contributed by atoms with Gasteiger partial charge in [-0.2, -0.15) is 0 Å². The topological polar surface area (TPSA) is 71.8 Å². The Balaban J connectivity index is 1.88. The number of amides is 1. The van der Waals surface area contributed by atoms with Gasteiger partial charge in [-0.3, -0.25) is 4.79 Å². The van der Waals surface area contributed by atoms with Crippen LogP contribution in [0.3, 0.4) is 0 Å². The average molecular weight is 287 g/mol. The summed E-state index contributed by atoms with van der Waals surface area (Å²) in [5, 5.41) is 14.1. The van der Waals surface area contributed by atoms with Crippen molar-refractivity contribution in [3.05, 3.63) is 41.7 Å². The van der Waals surface area contributed by atoms with Crippen molar-refractivity contribution in [1.82, 2.24) is 20.3 Å². The van der Waals surface area contributed by atoms with E-state index in [1.54, 1.807) is 10.9 Å². The second kappa shape index (κ2) is 6.99. The first-order valence-electron chi connectivity index (χ1n) is 7.02. The third kappa shape index (κ3) is 5.00. The maximum Gasteiger partial charge on any atom is 0.246 e. The van der Waals surface area contributed by atoms with Crippen LogP contribution < -0.4 is 10.6 Å². The fourth-order valence-corrected chi connectivity index (χ4v) is 1.88. The largest absolute Gasteiger partial charge is 0.324 e. The number of carbonyl (C=O) groups excluding carboxylic acids is 1. The van der Waals surface area contributed by atoms with Crippen LogP contribution in [-0.2, 0) is 17.9 Å². The van der Waals surface area contributed by atoms with Crippen molar-refractivity contribution in [2.45, 2.75) is 39.9 Å². The SMILES string of the molecule is Cc1cccc(NC(=O)Cn2cc(CNC(C)C)nn2)c1. The number of aromatic nitrogens is 3. The number of aryl methyl sites for hydroxylation is 1. The van der Waals surface area contributed by atoms with E-state index in [0.29, 0.717) is 12.6 Å². The summed E-state index contributed by atoms with van der Waals surface area (Å²) in [4.78, 5) is 12.0. The van der Waals surface area contributed by atoms with Crippen LogP contribution >= 0.6 is 0 Å². The Kier molecular flexibility index (Phi) is 5.05. The molecule has 0 aliphatic rings. The summed E-state index contributed by atoms with van der Waals surface area (Å²) in [6.45, 7) is 6.93. The minimum atomic E-state index is -0.117. The molecular weight excluding hydrogens is 266 g/mol. The molecule has 0 unspecified atom stereocenters. The van der Waals surface area contributed by atoms with Gasteiger partial charge in [0.2, 0.25) is 5.91 Å². The normalized spacial score (nSPS) is 10.9. The van der Waals surface area contributed by atoms with Crippen molar-refractivity contribution in [2.75, 3.05) is 5.32 Å². The summed E-state index contributed by atoms with van der Waals surface area (Å²) in [6, 6.07) is 8.08. The van der Waals surface area contributed by atoms with Gasteiger partial charge in [0.25, 0.3) is 0 Å². The van der Waals surface area contributed by atoms with Gasteiger partial charge in [0.05, 0.1) is 11.9 Å². The van der Waals surface area contributed by atoms with E-state index >= 15 is 0 Å². The molecule has 112 valence electrons. The van der Waals surface area contributed by atoms with Gasteiger partial charge in [-0.15, -0.1) is 5.10 Å². The molecule has 1 aromatic heterocycles. The first-order chi connectivity index (χ1) is 10.0. The highest BCUT2D eigenvalue weighted by molar-refractivity contribution is 5.90. The van der Waals surface area contributed by atoms with Crippen LogP contribution in [0.4, 0.5) is 5.69 Å². The highest BCUT2D eigenvalue weighted by Gasteiger charge is 2.07. The predicted octanol–water partition coefficient (Wildman–Crippen LogP) is 1.72. The van der Waals surface area contributed by atoms with Crippen molar-refractivity contribution in [3.8, 4) is 0 Å². The molecule has 0 aliphatic heterocycles. The second-order valence-electron chi connectivity index (χ2n) is 5.36. The van der Waals surface area contributed by atoms with Crippen molar-refractivity contribution < 1.29 is 4.79 Å².